The zero-order chi connectivity index (χ0) is 15.9. The molecule has 0 atom stereocenters. The highest BCUT2D eigenvalue weighted by Gasteiger charge is 2.08. The van der Waals surface area contributed by atoms with Crippen molar-refractivity contribution in [2.24, 2.45) is 0 Å². The Bertz CT molecular complexity index is 670. The van der Waals surface area contributed by atoms with E-state index in [1.807, 2.05) is 44.2 Å². The standard InChI is InChI=1S/C19H20O3/c1-4-6-15-7-12-18(21-5-2)19(13-15)22-17-10-8-16(9-11-17)14(3)20/h4,6-13H,5H2,1-3H3/b6-4-. The Labute approximate surface area is 131 Å². The molecule has 0 aliphatic heterocycles. The summed E-state index contributed by atoms with van der Waals surface area (Å²) in [5.41, 5.74) is 1.71. The van der Waals surface area contributed by atoms with Crippen LogP contribution in [0.25, 0.3) is 6.08 Å². The lowest BCUT2D eigenvalue weighted by Gasteiger charge is -2.12. The number of Topliss-reactive ketones (excluding diaryl/α,β-unsaturated/α-hetero) is 1. The van der Waals surface area contributed by atoms with Crippen LogP contribution in [0.1, 0.15) is 36.7 Å². The second-order valence-corrected chi connectivity index (χ2v) is 4.82. The van der Waals surface area contributed by atoms with E-state index < -0.39 is 0 Å². The molecule has 2 aromatic carbocycles. The lowest BCUT2D eigenvalue weighted by Crippen LogP contribution is -1.96. The SMILES string of the molecule is C/C=C\c1ccc(OCC)c(Oc2ccc(C(C)=O)cc2)c1. The molecule has 3 nitrogen and oxygen atoms in total. The van der Waals surface area contributed by atoms with E-state index in [2.05, 4.69) is 0 Å². The van der Waals surface area contributed by atoms with Gasteiger partial charge >= 0.3 is 0 Å². The van der Waals surface area contributed by atoms with Crippen molar-refractivity contribution in [3.63, 3.8) is 0 Å². The van der Waals surface area contributed by atoms with Gasteiger partial charge in [0.15, 0.2) is 17.3 Å². The maximum atomic E-state index is 11.3. The third-order valence-electron chi connectivity index (χ3n) is 3.12. The van der Waals surface area contributed by atoms with Crippen LogP contribution in [-0.2, 0) is 0 Å². The second-order valence-electron chi connectivity index (χ2n) is 4.82. The van der Waals surface area contributed by atoms with Crippen molar-refractivity contribution in [2.75, 3.05) is 6.61 Å². The molecule has 0 heterocycles. The molecule has 0 saturated heterocycles. The van der Waals surface area contributed by atoms with Gasteiger partial charge in [0, 0.05) is 5.56 Å². The first-order valence-corrected chi connectivity index (χ1v) is 7.32. The minimum Gasteiger partial charge on any atom is -0.490 e. The molecule has 0 spiro atoms. The molecule has 0 unspecified atom stereocenters. The van der Waals surface area contributed by atoms with Crippen LogP contribution in [0.15, 0.2) is 48.5 Å². The first kappa shape index (κ1) is 15.8. The van der Waals surface area contributed by atoms with Crippen molar-refractivity contribution >= 4 is 11.9 Å². The summed E-state index contributed by atoms with van der Waals surface area (Å²) in [5, 5.41) is 0. The van der Waals surface area contributed by atoms with E-state index in [0.29, 0.717) is 29.4 Å². The summed E-state index contributed by atoms with van der Waals surface area (Å²) in [7, 11) is 0. The Morgan fingerprint density at radius 1 is 1.09 bits per heavy atom. The monoisotopic (exact) mass is 296 g/mol. The molecule has 114 valence electrons. The van der Waals surface area contributed by atoms with Gasteiger partial charge in [-0.05, 0) is 62.7 Å². The predicted octanol–water partition coefficient (Wildman–Crippen LogP) is 5.11. The molecule has 0 aliphatic rings. The van der Waals surface area contributed by atoms with Gasteiger partial charge in [0.1, 0.15) is 5.75 Å². The Kier molecular flexibility index (Phi) is 5.37. The molecule has 0 bridgehead atoms. The Hall–Kier alpha value is -2.55. The van der Waals surface area contributed by atoms with E-state index in [1.165, 1.54) is 0 Å². The van der Waals surface area contributed by atoms with Crippen LogP contribution >= 0.6 is 0 Å². The molecule has 0 radical (unpaired) electrons. The Morgan fingerprint density at radius 2 is 1.82 bits per heavy atom. The predicted molar refractivity (Wildman–Crippen MR) is 88.8 cm³/mol. The van der Waals surface area contributed by atoms with E-state index in [4.69, 9.17) is 9.47 Å². The van der Waals surface area contributed by atoms with Crippen molar-refractivity contribution in [3.05, 3.63) is 59.7 Å². The van der Waals surface area contributed by atoms with E-state index in [-0.39, 0.29) is 5.78 Å². The highest BCUT2D eigenvalue weighted by Crippen LogP contribution is 2.33. The van der Waals surface area contributed by atoms with Gasteiger partial charge in [-0.25, -0.2) is 0 Å². The molecule has 0 saturated carbocycles. The largest absolute Gasteiger partial charge is 0.490 e. The van der Waals surface area contributed by atoms with Gasteiger partial charge in [-0.2, -0.15) is 0 Å². The molecule has 22 heavy (non-hydrogen) atoms. The molecular formula is C19H20O3. The van der Waals surface area contributed by atoms with Crippen molar-refractivity contribution in [1.29, 1.82) is 0 Å². The smallest absolute Gasteiger partial charge is 0.169 e. The summed E-state index contributed by atoms with van der Waals surface area (Å²) in [5.74, 6) is 2.07. The zero-order valence-corrected chi connectivity index (χ0v) is 13.1. The number of carbonyl (C=O) groups is 1. The minimum atomic E-state index is 0.0386. The van der Waals surface area contributed by atoms with E-state index in [9.17, 15) is 4.79 Å². The minimum absolute atomic E-state index is 0.0386. The van der Waals surface area contributed by atoms with Crippen LogP contribution < -0.4 is 9.47 Å². The fraction of sp³-hybridized carbons (Fsp3) is 0.211. The summed E-state index contributed by atoms with van der Waals surface area (Å²) in [6.07, 6.45) is 3.97. The highest BCUT2D eigenvalue weighted by atomic mass is 16.5. The molecule has 0 aromatic heterocycles. The molecule has 3 heteroatoms. The summed E-state index contributed by atoms with van der Waals surface area (Å²) in [6, 6.07) is 12.9. The number of ketones is 1. The van der Waals surface area contributed by atoms with Gasteiger partial charge in [0.05, 0.1) is 6.61 Å². The lowest BCUT2D eigenvalue weighted by molar-refractivity contribution is 0.101. The van der Waals surface area contributed by atoms with Crippen LogP contribution in [0.5, 0.6) is 17.2 Å². The number of ether oxygens (including phenoxy) is 2. The fourth-order valence-electron chi connectivity index (χ4n) is 2.06. The molecule has 0 amide bonds. The normalized spacial score (nSPS) is 10.7. The number of benzene rings is 2. The number of rotatable bonds is 6. The Morgan fingerprint density at radius 3 is 2.41 bits per heavy atom. The number of allylic oxidation sites excluding steroid dienone is 1. The van der Waals surface area contributed by atoms with E-state index >= 15 is 0 Å². The number of hydrogen-bond acceptors (Lipinski definition) is 3. The van der Waals surface area contributed by atoms with Crippen LogP contribution in [-0.4, -0.2) is 12.4 Å². The quantitative estimate of drug-likeness (QED) is 0.695. The van der Waals surface area contributed by atoms with Gasteiger partial charge in [-0.3, -0.25) is 4.79 Å². The van der Waals surface area contributed by atoms with Crippen LogP contribution in [0.2, 0.25) is 0 Å². The summed E-state index contributed by atoms with van der Waals surface area (Å²) < 4.78 is 11.5. The maximum absolute atomic E-state index is 11.3. The molecule has 0 aliphatic carbocycles. The maximum Gasteiger partial charge on any atom is 0.169 e. The van der Waals surface area contributed by atoms with Gasteiger partial charge in [-0.1, -0.05) is 18.2 Å². The fourth-order valence-corrected chi connectivity index (χ4v) is 2.06. The van der Waals surface area contributed by atoms with Gasteiger partial charge < -0.3 is 9.47 Å². The zero-order valence-electron chi connectivity index (χ0n) is 13.1. The average Bonchev–Trinajstić information content (AvgIpc) is 2.51. The number of hydrogen-bond donors (Lipinski definition) is 0. The van der Waals surface area contributed by atoms with Gasteiger partial charge in [-0.15, -0.1) is 0 Å². The van der Waals surface area contributed by atoms with E-state index in [1.54, 1.807) is 31.2 Å². The molecule has 2 rings (SSSR count). The molecule has 0 N–H and O–H groups in total. The van der Waals surface area contributed by atoms with Crippen LogP contribution in [0.3, 0.4) is 0 Å². The highest BCUT2D eigenvalue weighted by molar-refractivity contribution is 5.94. The third kappa shape index (κ3) is 3.98. The number of carbonyl (C=O) groups excluding carboxylic acids is 1. The van der Waals surface area contributed by atoms with Gasteiger partial charge in [0.2, 0.25) is 0 Å². The third-order valence-corrected chi connectivity index (χ3v) is 3.12. The first-order valence-electron chi connectivity index (χ1n) is 7.32. The second kappa shape index (κ2) is 7.46. The van der Waals surface area contributed by atoms with Crippen molar-refractivity contribution < 1.29 is 14.3 Å². The van der Waals surface area contributed by atoms with Crippen LogP contribution in [0, 0.1) is 0 Å². The molecular weight excluding hydrogens is 276 g/mol. The summed E-state index contributed by atoms with van der Waals surface area (Å²) >= 11 is 0. The first-order chi connectivity index (χ1) is 10.6. The molecule has 0 fully saturated rings. The summed E-state index contributed by atoms with van der Waals surface area (Å²) in [6.45, 7) is 6.02. The molecule has 2 aromatic rings. The van der Waals surface area contributed by atoms with E-state index in [0.717, 1.165) is 5.56 Å². The summed E-state index contributed by atoms with van der Waals surface area (Å²) in [4.78, 5) is 11.3. The topological polar surface area (TPSA) is 35.5 Å². The van der Waals surface area contributed by atoms with Crippen molar-refractivity contribution in [3.8, 4) is 17.2 Å². The average molecular weight is 296 g/mol. The Balaban J connectivity index is 2.29. The van der Waals surface area contributed by atoms with Gasteiger partial charge in [0.25, 0.3) is 0 Å². The van der Waals surface area contributed by atoms with Crippen molar-refractivity contribution in [2.45, 2.75) is 20.8 Å². The lowest BCUT2D eigenvalue weighted by atomic mass is 10.1. The van der Waals surface area contributed by atoms with Crippen molar-refractivity contribution in [1.82, 2.24) is 0 Å². The van der Waals surface area contributed by atoms with Crippen LogP contribution in [0.4, 0.5) is 0 Å².